The van der Waals surface area contributed by atoms with Crippen molar-refractivity contribution in [2.45, 2.75) is 0 Å². The van der Waals surface area contributed by atoms with Gasteiger partial charge in [0.25, 0.3) is 5.88 Å². The third-order valence-electron chi connectivity index (χ3n) is 1.30. The summed E-state index contributed by atoms with van der Waals surface area (Å²) >= 11 is 0. The zero-order valence-electron chi connectivity index (χ0n) is 8.01. The lowest BCUT2D eigenvalue weighted by Crippen LogP contribution is -1.97. The highest BCUT2D eigenvalue weighted by atomic mass is 35.5. The summed E-state index contributed by atoms with van der Waals surface area (Å²) in [5, 5.41) is 0. The average molecular weight is 243 g/mol. The second-order valence-electron chi connectivity index (χ2n) is 1.93. The molecule has 0 radical (unpaired) electrons. The second kappa shape index (κ2) is 7.46. The normalized spacial score (nSPS) is 7.93. The molecule has 0 saturated carbocycles. The van der Waals surface area contributed by atoms with Crippen molar-refractivity contribution in [1.82, 2.24) is 9.97 Å². The number of methoxy groups -OCH3 is 3. The third-order valence-corrected chi connectivity index (χ3v) is 1.30. The quantitative estimate of drug-likeness (QED) is 0.801. The van der Waals surface area contributed by atoms with E-state index in [0.29, 0.717) is 11.6 Å². The minimum atomic E-state index is 0. The first kappa shape index (κ1) is 15.5. The van der Waals surface area contributed by atoms with Crippen molar-refractivity contribution in [3.05, 3.63) is 6.20 Å². The highest BCUT2D eigenvalue weighted by Gasteiger charge is 2.06. The first-order chi connectivity index (χ1) is 5.81. The Morgan fingerprint density at radius 1 is 1.00 bits per heavy atom. The molecule has 0 bridgehead atoms. The molecule has 5 nitrogen and oxygen atoms in total. The van der Waals surface area contributed by atoms with Gasteiger partial charge in [0.15, 0.2) is 5.75 Å². The van der Waals surface area contributed by atoms with Crippen molar-refractivity contribution in [2.75, 3.05) is 21.3 Å². The molecule has 0 aliphatic carbocycles. The minimum absolute atomic E-state index is 0. The van der Waals surface area contributed by atoms with Gasteiger partial charge in [-0.15, -0.1) is 24.8 Å². The van der Waals surface area contributed by atoms with E-state index in [1.54, 1.807) is 0 Å². The molecular formula is C7H12Cl2N2O3. The van der Waals surface area contributed by atoms with Gasteiger partial charge in [-0.25, -0.2) is 0 Å². The van der Waals surface area contributed by atoms with Crippen molar-refractivity contribution in [3.8, 4) is 17.6 Å². The maximum absolute atomic E-state index is 4.93. The molecule has 0 aliphatic heterocycles. The van der Waals surface area contributed by atoms with Crippen molar-refractivity contribution in [3.63, 3.8) is 0 Å². The van der Waals surface area contributed by atoms with Crippen LogP contribution in [-0.4, -0.2) is 31.3 Å². The molecule has 0 aromatic carbocycles. The van der Waals surface area contributed by atoms with E-state index in [2.05, 4.69) is 9.97 Å². The fourth-order valence-corrected chi connectivity index (χ4v) is 0.724. The number of nitrogens with zero attached hydrogens (tertiary/aromatic N) is 2. The zero-order chi connectivity index (χ0) is 8.97. The number of hydrogen-bond acceptors (Lipinski definition) is 5. The largest absolute Gasteiger partial charge is 0.490 e. The average Bonchev–Trinajstić information content (AvgIpc) is 2.16. The fourth-order valence-electron chi connectivity index (χ4n) is 0.724. The van der Waals surface area contributed by atoms with Gasteiger partial charge in [0.2, 0.25) is 0 Å². The molecule has 0 N–H and O–H groups in total. The van der Waals surface area contributed by atoms with Crippen LogP contribution >= 0.6 is 24.8 Å². The predicted molar refractivity (Wildman–Crippen MR) is 56.2 cm³/mol. The lowest BCUT2D eigenvalue weighted by molar-refractivity contribution is 0.320. The van der Waals surface area contributed by atoms with Crippen LogP contribution in [0.3, 0.4) is 0 Å². The summed E-state index contributed by atoms with van der Waals surface area (Å²) in [7, 11) is 4.51. The molecule has 0 unspecified atom stereocenters. The minimum Gasteiger partial charge on any atom is -0.490 e. The van der Waals surface area contributed by atoms with Crippen LogP contribution in [0.4, 0.5) is 0 Å². The van der Waals surface area contributed by atoms with Crippen molar-refractivity contribution in [2.24, 2.45) is 0 Å². The van der Waals surface area contributed by atoms with Gasteiger partial charge in [0, 0.05) is 0 Å². The SMILES string of the molecule is COc1ncc(OC)c(OC)n1.Cl.Cl. The van der Waals surface area contributed by atoms with Crippen LogP contribution in [0.25, 0.3) is 0 Å². The van der Waals surface area contributed by atoms with Gasteiger partial charge >= 0.3 is 6.01 Å². The van der Waals surface area contributed by atoms with E-state index < -0.39 is 0 Å². The van der Waals surface area contributed by atoms with E-state index >= 15 is 0 Å². The van der Waals surface area contributed by atoms with E-state index in [1.807, 2.05) is 0 Å². The molecule has 1 aromatic rings. The number of ether oxygens (including phenoxy) is 3. The van der Waals surface area contributed by atoms with Gasteiger partial charge in [-0.05, 0) is 0 Å². The standard InChI is InChI=1S/C7H10N2O3.2ClH/c1-10-5-4-8-7(12-3)9-6(5)11-2;;/h4H,1-3H3;2*1H. The van der Waals surface area contributed by atoms with Gasteiger partial charge in [-0.3, -0.25) is 0 Å². The number of halogens is 2. The Morgan fingerprint density at radius 3 is 2.07 bits per heavy atom. The van der Waals surface area contributed by atoms with E-state index in [0.717, 1.165) is 0 Å². The molecule has 1 aromatic heterocycles. The summed E-state index contributed by atoms with van der Waals surface area (Å²) < 4.78 is 14.7. The number of hydrogen-bond donors (Lipinski definition) is 0. The van der Waals surface area contributed by atoms with Crippen LogP contribution in [0.5, 0.6) is 17.6 Å². The van der Waals surface area contributed by atoms with E-state index in [-0.39, 0.29) is 30.8 Å². The van der Waals surface area contributed by atoms with Crippen LogP contribution in [0.2, 0.25) is 0 Å². The number of rotatable bonds is 3. The van der Waals surface area contributed by atoms with E-state index in [9.17, 15) is 0 Å². The Hall–Kier alpha value is -0.940. The van der Waals surface area contributed by atoms with Crippen LogP contribution < -0.4 is 14.2 Å². The molecule has 0 saturated heterocycles. The van der Waals surface area contributed by atoms with Crippen molar-refractivity contribution in [1.29, 1.82) is 0 Å². The molecule has 0 amide bonds. The smallest absolute Gasteiger partial charge is 0.319 e. The summed E-state index contributed by atoms with van der Waals surface area (Å²) in [4.78, 5) is 7.74. The number of aromatic nitrogens is 2. The van der Waals surface area contributed by atoms with Crippen molar-refractivity contribution >= 4 is 24.8 Å². The first-order valence-corrected chi connectivity index (χ1v) is 3.30. The molecule has 0 spiro atoms. The molecule has 1 rings (SSSR count). The molecule has 0 atom stereocenters. The van der Waals surface area contributed by atoms with Gasteiger partial charge < -0.3 is 14.2 Å². The maximum atomic E-state index is 4.93. The summed E-state index contributed by atoms with van der Waals surface area (Å²) in [5.74, 6) is 0.850. The summed E-state index contributed by atoms with van der Waals surface area (Å²) in [6, 6.07) is 0.257. The first-order valence-electron chi connectivity index (χ1n) is 3.30. The van der Waals surface area contributed by atoms with Crippen LogP contribution in [0.1, 0.15) is 0 Å². The molecule has 0 aliphatic rings. The maximum Gasteiger partial charge on any atom is 0.319 e. The Balaban J connectivity index is 0. The van der Waals surface area contributed by atoms with Crippen LogP contribution in [-0.2, 0) is 0 Å². The summed E-state index contributed by atoms with van der Waals surface area (Å²) in [6.07, 6.45) is 1.49. The molecule has 7 heteroatoms. The Bertz CT molecular complexity index is 273. The van der Waals surface area contributed by atoms with Crippen LogP contribution in [0, 0.1) is 0 Å². The lowest BCUT2D eigenvalue weighted by atomic mass is 10.6. The topological polar surface area (TPSA) is 53.5 Å². The highest BCUT2D eigenvalue weighted by Crippen LogP contribution is 2.23. The Morgan fingerprint density at radius 2 is 1.64 bits per heavy atom. The fraction of sp³-hybridized carbons (Fsp3) is 0.429. The molecule has 0 fully saturated rings. The van der Waals surface area contributed by atoms with Crippen molar-refractivity contribution < 1.29 is 14.2 Å². The summed E-state index contributed by atoms with van der Waals surface area (Å²) in [5.41, 5.74) is 0. The second-order valence-corrected chi connectivity index (χ2v) is 1.93. The van der Waals surface area contributed by atoms with Gasteiger partial charge in [0.05, 0.1) is 27.5 Å². The Kier molecular flexibility index (Phi) is 8.28. The molecule has 82 valence electrons. The zero-order valence-corrected chi connectivity index (χ0v) is 9.65. The van der Waals surface area contributed by atoms with Crippen LogP contribution in [0.15, 0.2) is 6.20 Å². The van der Waals surface area contributed by atoms with E-state index in [1.165, 1.54) is 27.5 Å². The molecular weight excluding hydrogens is 231 g/mol. The van der Waals surface area contributed by atoms with Gasteiger partial charge in [-0.2, -0.15) is 9.97 Å². The Labute approximate surface area is 94.6 Å². The molecule has 14 heavy (non-hydrogen) atoms. The van der Waals surface area contributed by atoms with Gasteiger partial charge in [-0.1, -0.05) is 0 Å². The van der Waals surface area contributed by atoms with Gasteiger partial charge in [0.1, 0.15) is 0 Å². The highest BCUT2D eigenvalue weighted by molar-refractivity contribution is 5.85. The molecule has 1 heterocycles. The summed E-state index contributed by atoms with van der Waals surface area (Å²) in [6.45, 7) is 0. The third kappa shape index (κ3) is 3.43. The lowest BCUT2D eigenvalue weighted by Gasteiger charge is -2.05. The van der Waals surface area contributed by atoms with E-state index in [4.69, 9.17) is 14.2 Å². The predicted octanol–water partition coefficient (Wildman–Crippen LogP) is 1.35. The monoisotopic (exact) mass is 242 g/mol.